The minimum absolute atomic E-state index is 0.0482. The summed E-state index contributed by atoms with van der Waals surface area (Å²) in [4.78, 5) is 40.2. The van der Waals surface area contributed by atoms with Crippen LogP contribution in [-0.2, 0) is 4.74 Å². The van der Waals surface area contributed by atoms with Crippen LogP contribution < -0.4 is 10.6 Å². The van der Waals surface area contributed by atoms with Gasteiger partial charge in [0.15, 0.2) is 10.8 Å². The highest BCUT2D eigenvalue weighted by atomic mass is 32.1. The van der Waals surface area contributed by atoms with E-state index in [4.69, 9.17) is 4.74 Å². The SMILES string of the molecule is CC(C)OC(=O)NC(=O)c1cc(F)sc1NC(=O)c1cnc2ccnn2c1. The van der Waals surface area contributed by atoms with Crippen molar-refractivity contribution in [3.05, 3.63) is 47.0 Å². The van der Waals surface area contributed by atoms with E-state index in [-0.39, 0.29) is 16.1 Å². The first-order valence-electron chi connectivity index (χ1n) is 7.75. The normalized spacial score (nSPS) is 10.8. The fraction of sp³-hybridized carbons (Fsp3) is 0.188. The maximum Gasteiger partial charge on any atom is 0.414 e. The second-order valence-electron chi connectivity index (χ2n) is 5.63. The van der Waals surface area contributed by atoms with Gasteiger partial charge < -0.3 is 10.1 Å². The van der Waals surface area contributed by atoms with Crippen LogP contribution in [-0.4, -0.2) is 38.6 Å². The van der Waals surface area contributed by atoms with Gasteiger partial charge in [-0.05, 0) is 13.8 Å². The van der Waals surface area contributed by atoms with Crippen LogP contribution in [0.25, 0.3) is 5.65 Å². The number of imide groups is 1. The zero-order chi connectivity index (χ0) is 19.6. The maximum atomic E-state index is 13.7. The second kappa shape index (κ2) is 7.50. The Labute approximate surface area is 156 Å². The van der Waals surface area contributed by atoms with E-state index in [0.29, 0.717) is 17.0 Å². The first-order chi connectivity index (χ1) is 12.8. The van der Waals surface area contributed by atoms with Crippen molar-refractivity contribution in [3.8, 4) is 0 Å². The van der Waals surface area contributed by atoms with E-state index < -0.39 is 29.1 Å². The summed E-state index contributed by atoms with van der Waals surface area (Å²) in [5, 5.41) is 7.65. The van der Waals surface area contributed by atoms with E-state index in [9.17, 15) is 18.8 Å². The number of hydrogen-bond acceptors (Lipinski definition) is 7. The Hall–Kier alpha value is -3.34. The number of halogens is 1. The summed E-state index contributed by atoms with van der Waals surface area (Å²) in [6, 6.07) is 2.59. The van der Waals surface area contributed by atoms with Crippen molar-refractivity contribution >= 4 is 39.9 Å². The van der Waals surface area contributed by atoms with Crippen LogP contribution >= 0.6 is 11.3 Å². The molecule has 3 rings (SSSR count). The van der Waals surface area contributed by atoms with Crippen LogP contribution in [0.4, 0.5) is 14.2 Å². The van der Waals surface area contributed by atoms with E-state index in [1.54, 1.807) is 19.9 Å². The molecule has 3 aromatic heterocycles. The minimum Gasteiger partial charge on any atom is -0.447 e. The molecule has 0 atom stereocenters. The zero-order valence-corrected chi connectivity index (χ0v) is 15.0. The number of nitrogens with zero attached hydrogens (tertiary/aromatic N) is 3. The Morgan fingerprint density at radius 3 is 2.81 bits per heavy atom. The van der Waals surface area contributed by atoms with Crippen LogP contribution in [0.2, 0.25) is 0 Å². The smallest absolute Gasteiger partial charge is 0.414 e. The van der Waals surface area contributed by atoms with Gasteiger partial charge in [0.05, 0.1) is 23.4 Å². The van der Waals surface area contributed by atoms with Gasteiger partial charge in [-0.1, -0.05) is 11.3 Å². The third-order valence-electron chi connectivity index (χ3n) is 3.24. The summed E-state index contributed by atoms with van der Waals surface area (Å²) >= 11 is 0.558. The van der Waals surface area contributed by atoms with Crippen molar-refractivity contribution in [2.45, 2.75) is 20.0 Å². The van der Waals surface area contributed by atoms with E-state index in [2.05, 4.69) is 15.4 Å². The standard InChI is InChI=1S/C16H14FN5O4S/c1-8(2)26-16(25)21-14(24)10-5-11(17)27-15(10)20-13(23)9-6-18-12-3-4-19-22(12)7-9/h3-8H,1-2H3,(H,20,23)(H,21,24,25). The highest BCUT2D eigenvalue weighted by molar-refractivity contribution is 7.15. The molecule has 11 heteroatoms. The van der Waals surface area contributed by atoms with Gasteiger partial charge in [-0.2, -0.15) is 9.49 Å². The molecule has 0 aliphatic carbocycles. The maximum absolute atomic E-state index is 13.7. The molecule has 0 aliphatic rings. The van der Waals surface area contributed by atoms with Gasteiger partial charge in [-0.25, -0.2) is 14.3 Å². The second-order valence-corrected chi connectivity index (χ2v) is 6.63. The van der Waals surface area contributed by atoms with Crippen LogP contribution in [0.5, 0.6) is 0 Å². The number of alkyl carbamates (subject to hydrolysis) is 1. The predicted molar refractivity (Wildman–Crippen MR) is 94.3 cm³/mol. The number of ether oxygens (including phenoxy) is 1. The first kappa shape index (κ1) is 18.5. The van der Waals surface area contributed by atoms with Gasteiger partial charge in [-0.15, -0.1) is 0 Å². The summed E-state index contributed by atoms with van der Waals surface area (Å²) < 4.78 is 19.9. The van der Waals surface area contributed by atoms with E-state index in [1.165, 1.54) is 23.1 Å². The van der Waals surface area contributed by atoms with Crippen molar-refractivity contribution in [1.82, 2.24) is 19.9 Å². The topological polar surface area (TPSA) is 115 Å². The molecule has 0 unspecified atom stereocenters. The quantitative estimate of drug-likeness (QED) is 0.706. The lowest BCUT2D eigenvalue weighted by Gasteiger charge is -2.09. The Morgan fingerprint density at radius 2 is 2.07 bits per heavy atom. The molecular formula is C16H14FN5O4S. The molecule has 9 nitrogen and oxygen atoms in total. The third-order valence-corrected chi connectivity index (χ3v) is 4.08. The number of carbonyl (C=O) groups excluding carboxylic acids is 3. The third kappa shape index (κ3) is 4.26. The lowest BCUT2D eigenvalue weighted by molar-refractivity contribution is 0.0877. The number of nitrogens with one attached hydrogen (secondary N) is 2. The van der Waals surface area contributed by atoms with Gasteiger partial charge in [0.1, 0.15) is 5.00 Å². The van der Waals surface area contributed by atoms with Gasteiger partial charge in [0, 0.05) is 24.5 Å². The number of thiophene rings is 1. The van der Waals surface area contributed by atoms with Crippen LogP contribution in [0.15, 0.2) is 30.7 Å². The number of rotatable bonds is 4. The van der Waals surface area contributed by atoms with Gasteiger partial charge >= 0.3 is 6.09 Å². The van der Waals surface area contributed by atoms with Gasteiger partial charge in [0.25, 0.3) is 11.8 Å². The van der Waals surface area contributed by atoms with Crippen molar-refractivity contribution in [1.29, 1.82) is 0 Å². The molecule has 140 valence electrons. The molecule has 0 saturated carbocycles. The average Bonchev–Trinajstić information content (AvgIpc) is 3.19. The number of anilines is 1. The molecule has 3 amide bonds. The Bertz CT molecular complexity index is 1030. The number of amides is 3. The minimum atomic E-state index is -0.966. The summed E-state index contributed by atoms with van der Waals surface area (Å²) in [6.45, 7) is 3.23. The lowest BCUT2D eigenvalue weighted by atomic mass is 10.2. The van der Waals surface area contributed by atoms with Gasteiger partial charge in [-0.3, -0.25) is 14.9 Å². The molecular weight excluding hydrogens is 377 g/mol. The Kier molecular flexibility index (Phi) is 5.12. The molecule has 0 radical (unpaired) electrons. The molecule has 0 aromatic carbocycles. The highest BCUT2D eigenvalue weighted by Crippen LogP contribution is 2.27. The molecule has 3 aromatic rings. The molecule has 3 heterocycles. The van der Waals surface area contributed by atoms with E-state index in [1.807, 2.05) is 5.32 Å². The fourth-order valence-corrected chi connectivity index (χ4v) is 2.91. The summed E-state index contributed by atoms with van der Waals surface area (Å²) in [6.07, 6.45) is 2.91. The number of hydrogen-bond donors (Lipinski definition) is 2. The molecule has 0 spiro atoms. The molecule has 0 aliphatic heterocycles. The summed E-state index contributed by atoms with van der Waals surface area (Å²) in [7, 11) is 0. The van der Waals surface area contributed by atoms with Crippen molar-refractivity contribution in [2.24, 2.45) is 0 Å². The lowest BCUT2D eigenvalue weighted by Crippen LogP contribution is -2.33. The Morgan fingerprint density at radius 1 is 1.30 bits per heavy atom. The summed E-state index contributed by atoms with van der Waals surface area (Å²) in [5.41, 5.74) is 0.516. The fourth-order valence-electron chi connectivity index (χ4n) is 2.13. The van der Waals surface area contributed by atoms with Crippen molar-refractivity contribution < 1.29 is 23.5 Å². The summed E-state index contributed by atoms with van der Waals surface area (Å²) in [5.74, 6) is -1.50. The first-order valence-corrected chi connectivity index (χ1v) is 8.57. The molecule has 0 saturated heterocycles. The molecule has 27 heavy (non-hydrogen) atoms. The van der Waals surface area contributed by atoms with Crippen molar-refractivity contribution in [2.75, 3.05) is 5.32 Å². The van der Waals surface area contributed by atoms with Crippen molar-refractivity contribution in [3.63, 3.8) is 0 Å². The van der Waals surface area contributed by atoms with E-state index >= 15 is 0 Å². The number of fused-ring (bicyclic) bond motifs is 1. The monoisotopic (exact) mass is 391 g/mol. The van der Waals surface area contributed by atoms with Crippen LogP contribution in [0, 0.1) is 5.13 Å². The van der Waals surface area contributed by atoms with Crippen LogP contribution in [0.1, 0.15) is 34.6 Å². The largest absolute Gasteiger partial charge is 0.447 e. The molecule has 0 bridgehead atoms. The molecule has 2 N–H and O–H groups in total. The number of aromatic nitrogens is 3. The molecule has 0 fully saturated rings. The average molecular weight is 391 g/mol. The zero-order valence-electron chi connectivity index (χ0n) is 14.2. The Balaban J connectivity index is 1.77. The highest BCUT2D eigenvalue weighted by Gasteiger charge is 2.21. The number of carbonyl (C=O) groups is 3. The van der Waals surface area contributed by atoms with Gasteiger partial charge in [0.2, 0.25) is 0 Å². The van der Waals surface area contributed by atoms with Crippen LogP contribution in [0.3, 0.4) is 0 Å². The van der Waals surface area contributed by atoms with E-state index in [0.717, 1.165) is 6.07 Å². The predicted octanol–water partition coefficient (Wildman–Crippen LogP) is 2.46.